The lowest BCUT2D eigenvalue weighted by molar-refractivity contribution is -0.140. The van der Waals surface area contributed by atoms with E-state index in [1.165, 1.54) is 36.3 Å². The number of halogens is 4. The van der Waals surface area contributed by atoms with Crippen molar-refractivity contribution in [3.63, 3.8) is 0 Å². The van der Waals surface area contributed by atoms with Gasteiger partial charge in [0.15, 0.2) is 0 Å². The number of amides is 2. The molecular formula is C31H35ClF3N3O5S. The average molecular weight is 654 g/mol. The fourth-order valence-electron chi connectivity index (χ4n) is 4.44. The van der Waals surface area contributed by atoms with Crippen molar-refractivity contribution >= 4 is 39.1 Å². The van der Waals surface area contributed by atoms with Crippen LogP contribution in [-0.4, -0.2) is 50.9 Å². The van der Waals surface area contributed by atoms with Crippen LogP contribution in [0.15, 0.2) is 77.7 Å². The van der Waals surface area contributed by atoms with E-state index in [1.807, 2.05) is 13.8 Å². The molecule has 0 fully saturated rings. The van der Waals surface area contributed by atoms with E-state index in [4.69, 9.17) is 16.3 Å². The second-order valence-electron chi connectivity index (χ2n) is 10.1. The number of carbonyl (C=O) groups excluding carboxylic acids is 2. The minimum atomic E-state index is -4.81. The van der Waals surface area contributed by atoms with Crippen LogP contribution in [0.2, 0.25) is 5.02 Å². The third kappa shape index (κ3) is 8.44. The van der Waals surface area contributed by atoms with Crippen molar-refractivity contribution in [2.24, 2.45) is 0 Å². The summed E-state index contributed by atoms with van der Waals surface area (Å²) in [5, 5.41) is 2.55. The van der Waals surface area contributed by atoms with Gasteiger partial charge >= 0.3 is 6.18 Å². The fraction of sp³-hybridized carbons (Fsp3) is 0.355. The predicted octanol–water partition coefficient (Wildman–Crippen LogP) is 6.28. The van der Waals surface area contributed by atoms with E-state index in [-0.39, 0.29) is 28.9 Å². The minimum absolute atomic E-state index is 0.113. The number of anilines is 1. The zero-order chi connectivity index (χ0) is 32.7. The first-order valence-corrected chi connectivity index (χ1v) is 15.7. The van der Waals surface area contributed by atoms with E-state index in [0.29, 0.717) is 28.1 Å². The highest BCUT2D eigenvalue weighted by Gasteiger charge is 2.37. The van der Waals surface area contributed by atoms with E-state index in [0.717, 1.165) is 12.1 Å². The molecule has 3 aromatic rings. The topological polar surface area (TPSA) is 96.0 Å². The summed E-state index contributed by atoms with van der Waals surface area (Å²) in [4.78, 5) is 28.5. The number of rotatable bonds is 13. The lowest BCUT2D eigenvalue weighted by Gasteiger charge is -2.34. The van der Waals surface area contributed by atoms with Crippen molar-refractivity contribution in [2.45, 2.75) is 63.3 Å². The Morgan fingerprint density at radius 1 is 0.977 bits per heavy atom. The molecule has 8 nitrogen and oxygen atoms in total. The van der Waals surface area contributed by atoms with E-state index >= 15 is 0 Å². The van der Waals surface area contributed by atoms with Gasteiger partial charge in [-0.2, -0.15) is 13.2 Å². The van der Waals surface area contributed by atoms with Crippen LogP contribution in [0.1, 0.15) is 44.7 Å². The van der Waals surface area contributed by atoms with E-state index in [1.54, 1.807) is 37.3 Å². The van der Waals surface area contributed by atoms with Crippen molar-refractivity contribution in [3.8, 4) is 5.75 Å². The number of hydrogen-bond acceptors (Lipinski definition) is 5. The first kappa shape index (κ1) is 34.7. The van der Waals surface area contributed by atoms with Crippen LogP contribution in [-0.2, 0) is 32.3 Å². The van der Waals surface area contributed by atoms with Crippen molar-refractivity contribution in [3.05, 3.63) is 88.9 Å². The number of nitrogens with zero attached hydrogens (tertiary/aromatic N) is 2. The molecule has 0 radical (unpaired) electrons. The molecule has 1 N–H and O–H groups in total. The molecule has 0 heterocycles. The molecule has 3 rings (SSSR count). The Balaban J connectivity index is 2.16. The van der Waals surface area contributed by atoms with E-state index in [2.05, 4.69) is 5.32 Å². The molecule has 238 valence electrons. The van der Waals surface area contributed by atoms with Gasteiger partial charge in [-0.25, -0.2) is 8.42 Å². The minimum Gasteiger partial charge on any atom is -0.497 e. The van der Waals surface area contributed by atoms with Gasteiger partial charge in [-0.1, -0.05) is 55.8 Å². The van der Waals surface area contributed by atoms with Crippen LogP contribution in [0.25, 0.3) is 0 Å². The lowest BCUT2D eigenvalue weighted by Crippen LogP contribution is -2.53. The number of ether oxygens (including phenoxy) is 1. The van der Waals surface area contributed by atoms with Crippen LogP contribution in [0.3, 0.4) is 0 Å². The monoisotopic (exact) mass is 653 g/mol. The molecule has 0 aliphatic rings. The van der Waals surface area contributed by atoms with E-state index < -0.39 is 51.9 Å². The van der Waals surface area contributed by atoms with Crippen LogP contribution in [0.4, 0.5) is 18.9 Å². The molecule has 0 unspecified atom stereocenters. The van der Waals surface area contributed by atoms with Gasteiger partial charge in [0.25, 0.3) is 10.0 Å². The Bertz CT molecular complexity index is 1550. The summed E-state index contributed by atoms with van der Waals surface area (Å²) in [6.07, 6.45) is -4.01. The maximum Gasteiger partial charge on any atom is 0.416 e. The van der Waals surface area contributed by atoms with Crippen LogP contribution < -0.4 is 14.4 Å². The molecule has 0 aromatic heterocycles. The van der Waals surface area contributed by atoms with Crippen LogP contribution in [0.5, 0.6) is 5.75 Å². The number of nitrogens with one attached hydrogen (secondary N) is 1. The Hall–Kier alpha value is -3.77. The van der Waals surface area contributed by atoms with Gasteiger partial charge in [0.05, 0.1) is 28.3 Å². The van der Waals surface area contributed by atoms with Crippen molar-refractivity contribution in [1.29, 1.82) is 0 Å². The van der Waals surface area contributed by atoms with Gasteiger partial charge in [0.2, 0.25) is 11.8 Å². The van der Waals surface area contributed by atoms with Crippen molar-refractivity contribution < 1.29 is 35.9 Å². The molecule has 0 spiro atoms. The maximum absolute atomic E-state index is 14.2. The van der Waals surface area contributed by atoms with Crippen molar-refractivity contribution in [1.82, 2.24) is 10.2 Å². The number of sulfonamides is 1. The number of benzene rings is 3. The Labute approximate surface area is 260 Å². The van der Waals surface area contributed by atoms with Gasteiger partial charge in [0, 0.05) is 12.6 Å². The number of alkyl halides is 3. The molecular weight excluding hydrogens is 619 g/mol. The molecule has 44 heavy (non-hydrogen) atoms. The maximum atomic E-state index is 14.2. The SMILES string of the molecule is CC[C@@H](C)NC(=O)[C@@H](CC)N(Cc1cccc(OC)c1)C(=O)CN(c1cc(C(F)(F)F)ccc1Cl)S(=O)(=O)c1ccccc1. The zero-order valence-corrected chi connectivity index (χ0v) is 26.3. The summed E-state index contributed by atoms with van der Waals surface area (Å²) < 4.78 is 74.8. The molecule has 0 saturated heterocycles. The first-order valence-electron chi connectivity index (χ1n) is 13.9. The summed E-state index contributed by atoms with van der Waals surface area (Å²) in [6.45, 7) is 4.35. The summed E-state index contributed by atoms with van der Waals surface area (Å²) in [7, 11) is -3.14. The Kier molecular flexibility index (Phi) is 11.7. The van der Waals surface area contributed by atoms with Crippen LogP contribution in [0, 0.1) is 0 Å². The largest absolute Gasteiger partial charge is 0.497 e. The lowest BCUT2D eigenvalue weighted by atomic mass is 10.1. The molecule has 2 amide bonds. The number of methoxy groups -OCH3 is 1. The summed E-state index contributed by atoms with van der Waals surface area (Å²) in [5.41, 5.74) is -1.09. The molecule has 0 saturated carbocycles. The molecule has 0 aliphatic heterocycles. The first-order chi connectivity index (χ1) is 20.7. The Morgan fingerprint density at radius 2 is 1.66 bits per heavy atom. The average Bonchev–Trinajstić information content (AvgIpc) is 2.99. The molecule has 0 bridgehead atoms. The normalized spacial score (nSPS) is 13.1. The van der Waals surface area contributed by atoms with Gasteiger partial charge in [-0.15, -0.1) is 0 Å². The fourth-order valence-corrected chi connectivity index (χ4v) is 6.16. The highest BCUT2D eigenvalue weighted by Crippen LogP contribution is 2.37. The summed E-state index contributed by atoms with van der Waals surface area (Å²) in [5.74, 6) is -0.782. The third-order valence-corrected chi connectivity index (χ3v) is 9.12. The standard InChI is InChI=1S/C31H35ClF3N3O5S/c1-5-21(3)36-30(40)27(6-2)37(19-22-11-10-12-24(17-22)43-4)29(39)20-38(44(41,42)25-13-8-7-9-14-25)28-18-23(31(33,34)35)15-16-26(28)32/h7-18,21,27H,5-6,19-20H2,1-4H3,(H,36,40)/t21-,27-/m1/s1. The third-order valence-electron chi connectivity index (χ3n) is 7.03. The molecule has 3 aromatic carbocycles. The van der Waals surface area contributed by atoms with E-state index in [9.17, 15) is 31.2 Å². The highest BCUT2D eigenvalue weighted by molar-refractivity contribution is 7.92. The summed E-state index contributed by atoms with van der Waals surface area (Å²) >= 11 is 6.30. The molecule has 2 atom stereocenters. The highest BCUT2D eigenvalue weighted by atomic mass is 35.5. The van der Waals surface area contributed by atoms with Gasteiger partial charge in [-0.05, 0) is 67.8 Å². The van der Waals surface area contributed by atoms with Gasteiger partial charge in [-0.3, -0.25) is 13.9 Å². The van der Waals surface area contributed by atoms with Crippen molar-refractivity contribution in [2.75, 3.05) is 18.0 Å². The van der Waals surface area contributed by atoms with Gasteiger partial charge in [0.1, 0.15) is 18.3 Å². The zero-order valence-electron chi connectivity index (χ0n) is 24.8. The number of carbonyl (C=O) groups is 2. The molecule has 0 aliphatic carbocycles. The Morgan fingerprint density at radius 3 is 2.25 bits per heavy atom. The number of hydrogen-bond donors (Lipinski definition) is 1. The molecule has 13 heteroatoms. The predicted molar refractivity (Wildman–Crippen MR) is 163 cm³/mol. The smallest absolute Gasteiger partial charge is 0.416 e. The second kappa shape index (κ2) is 14.8. The second-order valence-corrected chi connectivity index (χ2v) is 12.4. The summed E-state index contributed by atoms with van der Waals surface area (Å²) in [6, 6.07) is 14.8. The van der Waals surface area contributed by atoms with Crippen LogP contribution >= 0.6 is 11.6 Å². The van der Waals surface area contributed by atoms with Gasteiger partial charge < -0.3 is 15.0 Å². The quantitative estimate of drug-likeness (QED) is 0.234.